The van der Waals surface area contributed by atoms with E-state index in [1.807, 2.05) is 20.9 Å². The lowest BCUT2D eigenvalue weighted by atomic mass is 10.1. The molecule has 0 aromatic heterocycles. The molecule has 6 heteroatoms. The summed E-state index contributed by atoms with van der Waals surface area (Å²) in [5, 5.41) is 8.85. The Morgan fingerprint density at radius 3 is 2.30 bits per heavy atom. The summed E-state index contributed by atoms with van der Waals surface area (Å²) in [5.74, 6) is 0.262. The molecule has 5 nitrogen and oxygen atoms in total. The van der Waals surface area contributed by atoms with Crippen molar-refractivity contribution in [1.29, 1.82) is 0 Å². The van der Waals surface area contributed by atoms with Crippen LogP contribution in [0.1, 0.15) is 46.0 Å². The summed E-state index contributed by atoms with van der Waals surface area (Å²) in [6.07, 6.45) is 4.62. The molecule has 0 aliphatic heterocycles. The molecule has 0 saturated heterocycles. The molecule has 0 heterocycles. The number of hydrogen-bond donors (Lipinski definition) is 3. The Kier molecular flexibility index (Phi) is 9.59. The molecule has 2 atom stereocenters. The molecule has 2 amide bonds. The van der Waals surface area contributed by atoms with Gasteiger partial charge in [-0.3, -0.25) is 9.59 Å². The minimum atomic E-state index is -0.0991. The van der Waals surface area contributed by atoms with Crippen molar-refractivity contribution in [2.45, 2.75) is 58.0 Å². The Morgan fingerprint density at radius 2 is 1.75 bits per heavy atom. The maximum atomic E-state index is 11.9. The predicted molar refractivity (Wildman–Crippen MR) is 83.0 cm³/mol. The summed E-state index contributed by atoms with van der Waals surface area (Å²) < 4.78 is 0. The largest absolute Gasteiger partial charge is 0.354 e. The first-order chi connectivity index (χ1) is 9.02. The first-order valence-corrected chi connectivity index (χ1v) is 7.27. The number of halogens is 1. The van der Waals surface area contributed by atoms with E-state index in [9.17, 15) is 9.59 Å². The third-order valence-electron chi connectivity index (χ3n) is 3.70. The second kappa shape index (κ2) is 10.00. The second-order valence-electron chi connectivity index (χ2n) is 5.59. The van der Waals surface area contributed by atoms with Crippen LogP contribution in [0.25, 0.3) is 0 Å². The number of amides is 2. The zero-order chi connectivity index (χ0) is 14.3. The average Bonchev–Trinajstić information content (AvgIpc) is 2.89. The van der Waals surface area contributed by atoms with Crippen LogP contribution in [0, 0.1) is 5.92 Å². The quantitative estimate of drug-likeness (QED) is 0.662. The molecule has 0 radical (unpaired) electrons. The molecule has 0 bridgehead atoms. The molecule has 1 saturated carbocycles. The highest BCUT2D eigenvalue weighted by Gasteiger charge is 2.24. The van der Waals surface area contributed by atoms with E-state index in [2.05, 4.69) is 16.0 Å². The fraction of sp³-hybridized carbons (Fsp3) is 0.857. The third kappa shape index (κ3) is 7.10. The van der Waals surface area contributed by atoms with E-state index in [0.29, 0.717) is 13.0 Å². The van der Waals surface area contributed by atoms with Gasteiger partial charge in [0.1, 0.15) is 0 Å². The van der Waals surface area contributed by atoms with Gasteiger partial charge in [-0.15, -0.1) is 12.4 Å². The van der Waals surface area contributed by atoms with Crippen molar-refractivity contribution in [2.24, 2.45) is 5.92 Å². The number of nitrogens with one attached hydrogen (secondary N) is 3. The molecule has 2 unspecified atom stereocenters. The molecule has 1 fully saturated rings. The molecule has 1 rings (SSSR count). The maximum absolute atomic E-state index is 11.9. The van der Waals surface area contributed by atoms with Crippen molar-refractivity contribution in [1.82, 2.24) is 16.0 Å². The standard InChI is InChI=1S/C14H27N3O2.ClH/c1-10(8-13(18)16-9-11(2)15-3)17-14(19)12-6-4-5-7-12;/h10-12,15H,4-9H2,1-3H3,(H,16,18)(H,17,19);1H. The monoisotopic (exact) mass is 305 g/mol. The summed E-state index contributed by atoms with van der Waals surface area (Å²) in [6.45, 7) is 4.50. The number of hydrogen-bond acceptors (Lipinski definition) is 3. The minimum Gasteiger partial charge on any atom is -0.354 e. The van der Waals surface area contributed by atoms with Gasteiger partial charge in [-0.05, 0) is 33.7 Å². The Hall–Kier alpha value is -0.810. The van der Waals surface area contributed by atoms with Crippen molar-refractivity contribution in [3.05, 3.63) is 0 Å². The summed E-state index contributed by atoms with van der Waals surface area (Å²) in [4.78, 5) is 23.6. The lowest BCUT2D eigenvalue weighted by Gasteiger charge is -2.17. The molecule has 1 aliphatic carbocycles. The van der Waals surface area contributed by atoms with Crippen molar-refractivity contribution in [2.75, 3.05) is 13.6 Å². The van der Waals surface area contributed by atoms with Crippen LogP contribution in [-0.4, -0.2) is 37.5 Å². The van der Waals surface area contributed by atoms with Crippen molar-refractivity contribution in [3.63, 3.8) is 0 Å². The first-order valence-electron chi connectivity index (χ1n) is 7.27. The average molecular weight is 306 g/mol. The van der Waals surface area contributed by atoms with Gasteiger partial charge >= 0.3 is 0 Å². The lowest BCUT2D eigenvalue weighted by molar-refractivity contribution is -0.126. The summed E-state index contributed by atoms with van der Waals surface area (Å²) in [6, 6.07) is 0.158. The molecule has 0 spiro atoms. The van der Waals surface area contributed by atoms with Crippen LogP contribution in [-0.2, 0) is 9.59 Å². The van der Waals surface area contributed by atoms with E-state index in [0.717, 1.165) is 25.7 Å². The Balaban J connectivity index is 0.00000361. The van der Waals surface area contributed by atoms with Crippen LogP contribution in [0.5, 0.6) is 0 Å². The number of carbonyl (C=O) groups excluding carboxylic acids is 2. The number of likely N-dealkylation sites (N-methyl/N-ethyl adjacent to an activating group) is 1. The van der Waals surface area contributed by atoms with E-state index >= 15 is 0 Å². The van der Waals surface area contributed by atoms with Crippen molar-refractivity contribution >= 4 is 24.2 Å². The number of rotatable bonds is 7. The molecule has 3 N–H and O–H groups in total. The van der Waals surface area contributed by atoms with Gasteiger partial charge in [0.25, 0.3) is 0 Å². The van der Waals surface area contributed by atoms with Crippen LogP contribution in [0.4, 0.5) is 0 Å². The molecule has 0 aromatic rings. The van der Waals surface area contributed by atoms with Gasteiger partial charge in [0.2, 0.25) is 11.8 Å². The van der Waals surface area contributed by atoms with Gasteiger partial charge < -0.3 is 16.0 Å². The predicted octanol–water partition coefficient (Wildman–Crippen LogP) is 1.22. The van der Waals surface area contributed by atoms with E-state index in [1.165, 1.54) is 0 Å². The topological polar surface area (TPSA) is 70.2 Å². The normalized spacial score (nSPS) is 17.9. The van der Waals surface area contributed by atoms with E-state index in [1.54, 1.807) is 0 Å². The third-order valence-corrected chi connectivity index (χ3v) is 3.70. The van der Waals surface area contributed by atoms with Crippen LogP contribution in [0.3, 0.4) is 0 Å². The van der Waals surface area contributed by atoms with Gasteiger partial charge in [0.05, 0.1) is 0 Å². The molecule has 1 aliphatic rings. The van der Waals surface area contributed by atoms with Crippen molar-refractivity contribution in [3.8, 4) is 0 Å². The van der Waals surface area contributed by atoms with Crippen molar-refractivity contribution < 1.29 is 9.59 Å². The fourth-order valence-corrected chi connectivity index (χ4v) is 2.32. The molecular weight excluding hydrogens is 278 g/mol. The van der Waals surface area contributed by atoms with Crippen LogP contribution in [0.2, 0.25) is 0 Å². The molecule has 20 heavy (non-hydrogen) atoms. The Labute approximate surface area is 128 Å². The SMILES string of the molecule is CNC(C)CNC(=O)CC(C)NC(=O)C1CCCC1.Cl. The van der Waals surface area contributed by atoms with E-state index < -0.39 is 0 Å². The Bertz CT molecular complexity index is 307. The van der Waals surface area contributed by atoms with Crippen LogP contribution >= 0.6 is 12.4 Å². The second-order valence-corrected chi connectivity index (χ2v) is 5.59. The van der Waals surface area contributed by atoms with Crippen LogP contribution in [0.15, 0.2) is 0 Å². The van der Waals surface area contributed by atoms with Gasteiger partial charge in [0.15, 0.2) is 0 Å². The Morgan fingerprint density at radius 1 is 1.15 bits per heavy atom. The minimum absolute atomic E-state index is 0. The zero-order valence-electron chi connectivity index (χ0n) is 12.7. The zero-order valence-corrected chi connectivity index (χ0v) is 13.5. The van der Waals surface area contributed by atoms with E-state index in [4.69, 9.17) is 0 Å². The summed E-state index contributed by atoms with van der Waals surface area (Å²) in [5.41, 5.74) is 0. The van der Waals surface area contributed by atoms with E-state index in [-0.39, 0.29) is 42.2 Å². The molecule has 118 valence electrons. The molecule has 0 aromatic carbocycles. The maximum Gasteiger partial charge on any atom is 0.223 e. The lowest BCUT2D eigenvalue weighted by Crippen LogP contribution is -2.42. The van der Waals surface area contributed by atoms with Gasteiger partial charge in [-0.25, -0.2) is 0 Å². The van der Waals surface area contributed by atoms with Crippen LogP contribution < -0.4 is 16.0 Å². The van der Waals surface area contributed by atoms with Gasteiger partial charge in [-0.1, -0.05) is 12.8 Å². The fourth-order valence-electron chi connectivity index (χ4n) is 2.32. The van der Waals surface area contributed by atoms with Gasteiger partial charge in [-0.2, -0.15) is 0 Å². The summed E-state index contributed by atoms with van der Waals surface area (Å²) >= 11 is 0. The first kappa shape index (κ1) is 19.2. The highest BCUT2D eigenvalue weighted by Crippen LogP contribution is 2.24. The highest BCUT2D eigenvalue weighted by atomic mass is 35.5. The highest BCUT2D eigenvalue weighted by molar-refractivity contribution is 5.85. The summed E-state index contributed by atoms with van der Waals surface area (Å²) in [7, 11) is 1.86. The molecular formula is C14H28ClN3O2. The number of carbonyl (C=O) groups is 2. The smallest absolute Gasteiger partial charge is 0.223 e. The van der Waals surface area contributed by atoms with Gasteiger partial charge in [0, 0.05) is 31.0 Å².